The van der Waals surface area contributed by atoms with Crippen LogP contribution in [0.2, 0.25) is 10.0 Å². The zero-order valence-corrected chi connectivity index (χ0v) is 10.4. The van der Waals surface area contributed by atoms with Crippen molar-refractivity contribution in [2.75, 3.05) is 5.73 Å². The van der Waals surface area contributed by atoms with E-state index in [2.05, 4.69) is 9.97 Å². The third-order valence-corrected chi connectivity index (χ3v) is 3.12. The van der Waals surface area contributed by atoms with Crippen LogP contribution in [0.4, 0.5) is 5.82 Å². The number of hydrogen-bond donors (Lipinski definition) is 2. The second kappa shape index (κ2) is 4.39. The van der Waals surface area contributed by atoms with E-state index >= 15 is 0 Å². The Morgan fingerprint density at radius 3 is 2.59 bits per heavy atom. The number of nitrogens with two attached hydrogens (primary N) is 1. The van der Waals surface area contributed by atoms with Crippen molar-refractivity contribution in [1.29, 1.82) is 0 Å². The van der Waals surface area contributed by atoms with Crippen LogP contribution in [0.25, 0.3) is 11.4 Å². The number of hydrogen-bond acceptors (Lipinski definition) is 3. The first-order chi connectivity index (χ1) is 7.99. The van der Waals surface area contributed by atoms with Gasteiger partial charge in [0.05, 0.1) is 15.6 Å². The zero-order chi connectivity index (χ0) is 12.6. The summed E-state index contributed by atoms with van der Waals surface area (Å²) in [5.41, 5.74) is 6.42. The summed E-state index contributed by atoms with van der Waals surface area (Å²) >= 11 is 11.7. The molecule has 2 aromatic rings. The highest BCUT2D eigenvalue weighted by atomic mass is 35.5. The lowest BCUT2D eigenvalue weighted by atomic mass is 10.2. The van der Waals surface area contributed by atoms with Crippen molar-refractivity contribution in [2.24, 2.45) is 0 Å². The van der Waals surface area contributed by atoms with E-state index in [-0.39, 0.29) is 11.4 Å². The molecule has 0 spiro atoms. The van der Waals surface area contributed by atoms with E-state index in [0.717, 1.165) is 0 Å². The highest BCUT2D eigenvalue weighted by Crippen LogP contribution is 2.26. The molecule has 0 radical (unpaired) electrons. The summed E-state index contributed by atoms with van der Waals surface area (Å²) < 4.78 is 0. The smallest absolute Gasteiger partial charge is 0.256 e. The number of halogens is 2. The van der Waals surface area contributed by atoms with Gasteiger partial charge in [-0.15, -0.1) is 0 Å². The van der Waals surface area contributed by atoms with Gasteiger partial charge in [-0.1, -0.05) is 23.2 Å². The van der Waals surface area contributed by atoms with Crippen molar-refractivity contribution in [1.82, 2.24) is 9.97 Å². The zero-order valence-electron chi connectivity index (χ0n) is 8.92. The molecular formula is C11H9Cl2N3O. The van der Waals surface area contributed by atoms with Crippen molar-refractivity contribution in [2.45, 2.75) is 6.92 Å². The second-order valence-electron chi connectivity index (χ2n) is 3.55. The number of aromatic nitrogens is 2. The Hall–Kier alpha value is -1.52. The maximum absolute atomic E-state index is 11.6. The number of aromatic amines is 1. The fraction of sp³-hybridized carbons (Fsp3) is 0.0909. The number of nitrogens with zero attached hydrogens (tertiary/aromatic N) is 1. The Balaban J connectivity index is 2.61. The summed E-state index contributed by atoms with van der Waals surface area (Å²) in [6.45, 7) is 1.61. The molecule has 0 fully saturated rings. The molecule has 0 amide bonds. The van der Waals surface area contributed by atoms with Gasteiger partial charge in [-0.3, -0.25) is 4.79 Å². The molecular weight excluding hydrogens is 261 g/mol. The van der Waals surface area contributed by atoms with Gasteiger partial charge in [0.25, 0.3) is 5.56 Å². The topological polar surface area (TPSA) is 71.8 Å². The molecule has 6 heteroatoms. The lowest BCUT2D eigenvalue weighted by Gasteiger charge is -2.05. The fourth-order valence-corrected chi connectivity index (χ4v) is 1.63. The van der Waals surface area contributed by atoms with E-state index in [1.807, 2.05) is 0 Å². The van der Waals surface area contributed by atoms with Crippen molar-refractivity contribution >= 4 is 29.0 Å². The summed E-state index contributed by atoms with van der Waals surface area (Å²) in [5, 5.41) is 0.837. The number of nitrogen functional groups attached to an aromatic ring is 1. The fourth-order valence-electron chi connectivity index (χ4n) is 1.33. The van der Waals surface area contributed by atoms with Gasteiger partial charge in [-0.25, -0.2) is 4.98 Å². The Morgan fingerprint density at radius 1 is 1.29 bits per heavy atom. The SMILES string of the molecule is Cc1c(N)nc(-c2ccc(Cl)c(Cl)c2)[nH]c1=O. The molecule has 0 bridgehead atoms. The number of nitrogens with one attached hydrogen (secondary N) is 1. The quantitative estimate of drug-likeness (QED) is 0.836. The van der Waals surface area contributed by atoms with Gasteiger partial charge in [0.2, 0.25) is 0 Å². The first-order valence-electron chi connectivity index (χ1n) is 4.81. The maximum Gasteiger partial charge on any atom is 0.256 e. The monoisotopic (exact) mass is 269 g/mol. The number of benzene rings is 1. The summed E-state index contributed by atoms with van der Waals surface area (Å²) in [4.78, 5) is 18.3. The van der Waals surface area contributed by atoms with E-state index < -0.39 is 0 Å². The lowest BCUT2D eigenvalue weighted by Crippen LogP contribution is -2.15. The molecule has 3 N–H and O–H groups in total. The Morgan fingerprint density at radius 2 is 2.00 bits per heavy atom. The molecule has 0 aliphatic heterocycles. The first kappa shape index (κ1) is 12.0. The minimum atomic E-state index is -0.265. The van der Waals surface area contributed by atoms with Crippen LogP contribution in [0, 0.1) is 6.92 Å². The summed E-state index contributed by atoms with van der Waals surface area (Å²) in [7, 11) is 0. The van der Waals surface area contributed by atoms with Crippen LogP contribution in [0.3, 0.4) is 0 Å². The molecule has 0 aliphatic carbocycles. The molecule has 1 aromatic heterocycles. The number of anilines is 1. The highest BCUT2D eigenvalue weighted by Gasteiger charge is 2.08. The van der Waals surface area contributed by atoms with Crippen LogP contribution in [-0.4, -0.2) is 9.97 Å². The first-order valence-corrected chi connectivity index (χ1v) is 5.56. The molecule has 0 atom stereocenters. The predicted octanol–water partition coefficient (Wildman–Crippen LogP) is 2.63. The summed E-state index contributed by atoms with van der Waals surface area (Å²) in [6.07, 6.45) is 0. The van der Waals surface area contributed by atoms with Crippen LogP contribution < -0.4 is 11.3 Å². The molecule has 17 heavy (non-hydrogen) atoms. The van der Waals surface area contributed by atoms with Crippen LogP contribution in [-0.2, 0) is 0 Å². The molecule has 0 unspecified atom stereocenters. The Bertz CT molecular complexity index is 637. The molecule has 0 saturated heterocycles. The van der Waals surface area contributed by atoms with Crippen LogP contribution in [0.15, 0.2) is 23.0 Å². The molecule has 0 saturated carbocycles. The van der Waals surface area contributed by atoms with Gasteiger partial charge in [0, 0.05) is 5.56 Å². The summed E-state index contributed by atoms with van der Waals surface area (Å²) in [6, 6.07) is 4.97. The highest BCUT2D eigenvalue weighted by molar-refractivity contribution is 6.42. The molecule has 2 rings (SSSR count). The Labute approximate surface area is 107 Å². The standard InChI is InChI=1S/C11H9Cl2N3O/c1-5-9(14)15-10(16-11(5)17)6-2-3-7(12)8(13)4-6/h2-4H,1H3,(H3,14,15,16,17). The number of H-pyrrole nitrogens is 1. The van der Waals surface area contributed by atoms with Crippen molar-refractivity contribution in [3.05, 3.63) is 44.2 Å². The summed E-state index contributed by atoms with van der Waals surface area (Å²) in [5.74, 6) is 0.575. The average molecular weight is 270 g/mol. The Kier molecular flexibility index (Phi) is 3.09. The molecule has 0 aliphatic rings. The maximum atomic E-state index is 11.6. The molecule has 1 heterocycles. The van der Waals surface area contributed by atoms with Gasteiger partial charge < -0.3 is 10.7 Å². The number of rotatable bonds is 1. The predicted molar refractivity (Wildman–Crippen MR) is 69.5 cm³/mol. The minimum Gasteiger partial charge on any atom is -0.383 e. The van der Waals surface area contributed by atoms with E-state index in [0.29, 0.717) is 27.0 Å². The van der Waals surface area contributed by atoms with Crippen molar-refractivity contribution in [3.63, 3.8) is 0 Å². The van der Waals surface area contributed by atoms with Crippen molar-refractivity contribution < 1.29 is 0 Å². The van der Waals surface area contributed by atoms with E-state index in [1.165, 1.54) is 0 Å². The van der Waals surface area contributed by atoms with Crippen molar-refractivity contribution in [3.8, 4) is 11.4 Å². The third kappa shape index (κ3) is 2.28. The van der Waals surface area contributed by atoms with E-state index in [1.54, 1.807) is 25.1 Å². The molecule has 4 nitrogen and oxygen atoms in total. The van der Waals surface area contributed by atoms with Gasteiger partial charge in [-0.05, 0) is 25.1 Å². The van der Waals surface area contributed by atoms with E-state index in [4.69, 9.17) is 28.9 Å². The van der Waals surface area contributed by atoms with Gasteiger partial charge >= 0.3 is 0 Å². The lowest BCUT2D eigenvalue weighted by molar-refractivity contribution is 1.10. The molecule has 88 valence electrons. The van der Waals surface area contributed by atoms with Crippen LogP contribution in [0.1, 0.15) is 5.56 Å². The average Bonchev–Trinajstić information content (AvgIpc) is 2.29. The normalized spacial score (nSPS) is 10.5. The second-order valence-corrected chi connectivity index (χ2v) is 4.37. The third-order valence-electron chi connectivity index (χ3n) is 2.38. The van der Waals surface area contributed by atoms with Gasteiger partial charge in [0.15, 0.2) is 0 Å². The van der Waals surface area contributed by atoms with Gasteiger partial charge in [0.1, 0.15) is 11.6 Å². The van der Waals surface area contributed by atoms with Gasteiger partial charge in [-0.2, -0.15) is 0 Å². The minimum absolute atomic E-state index is 0.204. The molecule has 1 aromatic carbocycles. The largest absolute Gasteiger partial charge is 0.383 e. The van der Waals surface area contributed by atoms with E-state index in [9.17, 15) is 4.79 Å². The van der Waals surface area contributed by atoms with Crippen LogP contribution >= 0.6 is 23.2 Å². The van der Waals surface area contributed by atoms with Crippen LogP contribution in [0.5, 0.6) is 0 Å².